The molecule has 0 bridgehead atoms. The van der Waals surface area contributed by atoms with Crippen molar-refractivity contribution < 1.29 is 13.6 Å². The summed E-state index contributed by atoms with van der Waals surface area (Å²) in [5.74, 6) is -0.249. The van der Waals surface area contributed by atoms with Crippen LogP contribution >= 0.6 is 0 Å². The van der Waals surface area contributed by atoms with E-state index in [1.807, 2.05) is 0 Å². The minimum atomic E-state index is -3.27. The van der Waals surface area contributed by atoms with E-state index in [1.54, 1.807) is 6.92 Å². The molecule has 6 heteroatoms. The standard InChI is InChI=1S/C6H12N2O3S/c1-4-3-6(4,5(7)8-9)12(2,10)11/h4,9H,3H2,1-2H3,(H2,7,8)/t4-,6-/m1/s1. The van der Waals surface area contributed by atoms with Gasteiger partial charge in [-0.2, -0.15) is 0 Å². The normalized spacial score (nSPS) is 36.5. The first-order valence-corrected chi connectivity index (χ1v) is 5.43. The van der Waals surface area contributed by atoms with E-state index in [1.165, 1.54) is 0 Å². The van der Waals surface area contributed by atoms with Crippen LogP contribution in [0.1, 0.15) is 13.3 Å². The topological polar surface area (TPSA) is 92.8 Å². The molecule has 0 saturated heterocycles. The van der Waals surface area contributed by atoms with Crippen molar-refractivity contribution in [2.24, 2.45) is 16.8 Å². The van der Waals surface area contributed by atoms with Crippen molar-refractivity contribution in [1.82, 2.24) is 0 Å². The van der Waals surface area contributed by atoms with Gasteiger partial charge in [0.25, 0.3) is 0 Å². The molecule has 0 heterocycles. The first-order chi connectivity index (χ1) is 5.36. The Morgan fingerprint density at radius 1 is 1.75 bits per heavy atom. The Morgan fingerprint density at radius 2 is 2.17 bits per heavy atom. The van der Waals surface area contributed by atoms with Gasteiger partial charge in [-0.3, -0.25) is 0 Å². The third-order valence-corrected chi connectivity index (χ3v) is 4.55. The van der Waals surface area contributed by atoms with Crippen LogP contribution in [-0.4, -0.2) is 30.5 Å². The van der Waals surface area contributed by atoms with E-state index in [0.717, 1.165) is 6.26 Å². The molecule has 0 spiro atoms. The summed E-state index contributed by atoms with van der Waals surface area (Å²) in [5.41, 5.74) is 5.31. The van der Waals surface area contributed by atoms with E-state index in [9.17, 15) is 8.42 Å². The highest BCUT2D eigenvalue weighted by atomic mass is 32.2. The summed E-state index contributed by atoms with van der Waals surface area (Å²) >= 11 is 0. The zero-order valence-electron chi connectivity index (χ0n) is 6.98. The zero-order chi connectivity index (χ0) is 9.57. The minimum Gasteiger partial charge on any atom is -0.409 e. The van der Waals surface area contributed by atoms with E-state index < -0.39 is 14.6 Å². The van der Waals surface area contributed by atoms with Crippen molar-refractivity contribution >= 4 is 15.7 Å². The molecule has 1 aliphatic carbocycles. The highest BCUT2D eigenvalue weighted by Crippen LogP contribution is 2.49. The van der Waals surface area contributed by atoms with E-state index in [2.05, 4.69) is 5.16 Å². The Bertz CT molecular complexity index is 322. The average Bonchev–Trinajstić information content (AvgIpc) is 2.60. The molecule has 0 aliphatic heterocycles. The average molecular weight is 192 g/mol. The lowest BCUT2D eigenvalue weighted by molar-refractivity contribution is 0.316. The lowest BCUT2D eigenvalue weighted by atomic mass is 10.3. The number of sulfone groups is 1. The molecule has 1 aliphatic rings. The minimum absolute atomic E-state index is 0.0524. The molecule has 1 saturated carbocycles. The van der Waals surface area contributed by atoms with Crippen molar-refractivity contribution in [3.63, 3.8) is 0 Å². The highest BCUT2D eigenvalue weighted by molar-refractivity contribution is 7.93. The SMILES string of the molecule is C[C@@H]1C[C@@]1(/C(N)=N\O)S(C)(=O)=O. The smallest absolute Gasteiger partial charge is 0.160 e. The molecule has 70 valence electrons. The highest BCUT2D eigenvalue weighted by Gasteiger charge is 2.63. The molecule has 0 amide bonds. The van der Waals surface area contributed by atoms with Crippen molar-refractivity contribution in [2.45, 2.75) is 18.1 Å². The number of amidine groups is 1. The van der Waals surface area contributed by atoms with Crippen LogP contribution in [0.5, 0.6) is 0 Å². The van der Waals surface area contributed by atoms with E-state index in [0.29, 0.717) is 6.42 Å². The second kappa shape index (κ2) is 2.35. The molecule has 0 radical (unpaired) electrons. The zero-order valence-corrected chi connectivity index (χ0v) is 7.80. The molecule has 3 N–H and O–H groups in total. The van der Waals surface area contributed by atoms with Crippen molar-refractivity contribution in [3.8, 4) is 0 Å². The summed E-state index contributed by atoms with van der Waals surface area (Å²) < 4.78 is 21.4. The first-order valence-electron chi connectivity index (χ1n) is 3.54. The molecular formula is C6H12N2O3S. The summed E-state index contributed by atoms with van der Waals surface area (Å²) in [6.07, 6.45) is 1.55. The van der Waals surface area contributed by atoms with Crippen LogP contribution in [0.25, 0.3) is 0 Å². The Balaban J connectivity index is 3.13. The molecule has 0 aromatic heterocycles. The third-order valence-electron chi connectivity index (χ3n) is 2.45. The molecular weight excluding hydrogens is 180 g/mol. The number of nitrogens with two attached hydrogens (primary N) is 1. The number of oxime groups is 1. The van der Waals surface area contributed by atoms with Crippen LogP contribution < -0.4 is 5.73 Å². The van der Waals surface area contributed by atoms with Gasteiger partial charge in [0.1, 0.15) is 4.75 Å². The summed E-state index contributed by atoms with van der Waals surface area (Å²) in [4.78, 5) is 0. The van der Waals surface area contributed by atoms with E-state index in [4.69, 9.17) is 10.9 Å². The maximum absolute atomic E-state index is 11.3. The van der Waals surface area contributed by atoms with Crippen molar-refractivity contribution in [1.29, 1.82) is 0 Å². The number of hydrogen-bond donors (Lipinski definition) is 2. The Morgan fingerprint density at radius 3 is 2.25 bits per heavy atom. The van der Waals surface area contributed by atoms with E-state index in [-0.39, 0.29) is 11.8 Å². The Kier molecular flexibility index (Phi) is 1.82. The fourth-order valence-corrected chi connectivity index (χ4v) is 3.25. The molecule has 12 heavy (non-hydrogen) atoms. The molecule has 1 fully saturated rings. The quantitative estimate of drug-likeness (QED) is 0.268. The molecule has 5 nitrogen and oxygen atoms in total. The van der Waals surface area contributed by atoms with Crippen LogP contribution in [0, 0.1) is 5.92 Å². The van der Waals surface area contributed by atoms with Gasteiger partial charge in [0.15, 0.2) is 15.7 Å². The molecule has 1 rings (SSSR count). The van der Waals surface area contributed by atoms with Gasteiger partial charge < -0.3 is 10.9 Å². The van der Waals surface area contributed by atoms with Gasteiger partial charge in [0.2, 0.25) is 0 Å². The van der Waals surface area contributed by atoms with Crippen molar-refractivity contribution in [2.75, 3.05) is 6.26 Å². The van der Waals surface area contributed by atoms with E-state index >= 15 is 0 Å². The third kappa shape index (κ3) is 0.979. The monoisotopic (exact) mass is 192 g/mol. The number of hydrogen-bond acceptors (Lipinski definition) is 4. The molecule has 0 unspecified atom stereocenters. The van der Waals surface area contributed by atoms with Crippen LogP contribution in [0.4, 0.5) is 0 Å². The van der Waals surface area contributed by atoms with Crippen LogP contribution in [0.15, 0.2) is 5.16 Å². The van der Waals surface area contributed by atoms with Crippen LogP contribution in [0.2, 0.25) is 0 Å². The summed E-state index contributed by atoms with van der Waals surface area (Å²) in [6.45, 7) is 1.76. The second-order valence-corrected chi connectivity index (χ2v) is 5.52. The van der Waals surface area contributed by atoms with Gasteiger partial charge in [-0.05, 0) is 12.3 Å². The maximum atomic E-state index is 11.3. The summed E-state index contributed by atoms with van der Waals surface area (Å²) in [6, 6.07) is 0. The van der Waals surface area contributed by atoms with Crippen LogP contribution in [-0.2, 0) is 9.84 Å². The van der Waals surface area contributed by atoms with Crippen LogP contribution in [0.3, 0.4) is 0 Å². The maximum Gasteiger partial charge on any atom is 0.160 e. The lowest BCUT2D eigenvalue weighted by Crippen LogP contribution is -2.39. The lowest BCUT2D eigenvalue weighted by Gasteiger charge is -2.11. The predicted molar refractivity (Wildman–Crippen MR) is 44.8 cm³/mol. The molecule has 2 atom stereocenters. The Labute approximate surface area is 71.2 Å². The van der Waals surface area contributed by atoms with Gasteiger partial charge in [-0.15, -0.1) is 0 Å². The number of nitrogens with zero attached hydrogens (tertiary/aromatic N) is 1. The van der Waals surface area contributed by atoms with Gasteiger partial charge in [0, 0.05) is 6.26 Å². The largest absolute Gasteiger partial charge is 0.409 e. The molecule has 0 aromatic carbocycles. The second-order valence-electron chi connectivity index (χ2n) is 3.25. The van der Waals surface area contributed by atoms with Gasteiger partial charge in [-0.1, -0.05) is 12.1 Å². The van der Waals surface area contributed by atoms with Gasteiger partial charge in [0.05, 0.1) is 0 Å². The first kappa shape index (κ1) is 9.31. The fraction of sp³-hybridized carbons (Fsp3) is 0.833. The summed E-state index contributed by atoms with van der Waals surface area (Å²) in [7, 11) is -3.27. The molecule has 0 aromatic rings. The fourth-order valence-electron chi connectivity index (χ4n) is 1.54. The Hall–Kier alpha value is -0.780. The summed E-state index contributed by atoms with van der Waals surface area (Å²) in [5, 5.41) is 11.1. The van der Waals surface area contributed by atoms with Gasteiger partial charge >= 0.3 is 0 Å². The predicted octanol–water partition coefficient (Wildman–Crippen LogP) is -0.444. The van der Waals surface area contributed by atoms with Crippen molar-refractivity contribution in [3.05, 3.63) is 0 Å². The van der Waals surface area contributed by atoms with Gasteiger partial charge in [-0.25, -0.2) is 8.42 Å². The number of rotatable bonds is 2.